The Morgan fingerprint density at radius 2 is 1.86 bits per heavy atom. The molecule has 0 spiro atoms. The third kappa shape index (κ3) is 5.09. The normalized spacial score (nSPS) is 22.4. The van der Waals surface area contributed by atoms with E-state index in [1.54, 1.807) is 0 Å². The summed E-state index contributed by atoms with van der Waals surface area (Å²) in [5, 5.41) is 12.2. The Balaban J connectivity index is 1.88. The third-order valence-corrected chi connectivity index (χ3v) is 5.61. The van der Waals surface area contributed by atoms with Crippen molar-refractivity contribution in [2.24, 2.45) is 5.41 Å². The number of thioether (sulfide) groups is 1. The molecule has 1 saturated carbocycles. The summed E-state index contributed by atoms with van der Waals surface area (Å²) in [6.45, 7) is 2.11. The van der Waals surface area contributed by atoms with Gasteiger partial charge < -0.3 is 15.3 Å². The highest BCUT2D eigenvalue weighted by atomic mass is 32.2. The highest BCUT2D eigenvalue weighted by molar-refractivity contribution is 7.99. The van der Waals surface area contributed by atoms with Crippen molar-refractivity contribution in [3.05, 3.63) is 0 Å². The van der Waals surface area contributed by atoms with Gasteiger partial charge in [-0.1, -0.05) is 19.3 Å². The Morgan fingerprint density at radius 3 is 2.57 bits per heavy atom. The summed E-state index contributed by atoms with van der Waals surface area (Å²) < 4.78 is 0. The number of hydrogen-bond donors (Lipinski definition) is 2. The van der Waals surface area contributed by atoms with Crippen LogP contribution >= 0.6 is 11.8 Å². The zero-order chi connectivity index (χ0) is 15.1. The van der Waals surface area contributed by atoms with Crippen LogP contribution in [0.5, 0.6) is 0 Å². The maximum Gasteiger partial charge on any atom is 0.317 e. The number of carboxylic acid groups (broad SMARTS) is 1. The van der Waals surface area contributed by atoms with Crippen LogP contribution in [0.3, 0.4) is 0 Å². The van der Waals surface area contributed by atoms with Gasteiger partial charge in [0.1, 0.15) is 0 Å². The number of amides is 2. The number of hydrogen-bond acceptors (Lipinski definition) is 3. The number of nitrogens with zero attached hydrogens (tertiary/aromatic N) is 1. The molecule has 0 radical (unpaired) electrons. The van der Waals surface area contributed by atoms with Gasteiger partial charge >= 0.3 is 12.0 Å². The van der Waals surface area contributed by atoms with E-state index in [1.165, 1.54) is 6.42 Å². The summed E-state index contributed by atoms with van der Waals surface area (Å²) >= 11 is 1.89. The first kappa shape index (κ1) is 16.5. The molecule has 21 heavy (non-hydrogen) atoms. The second-order valence-electron chi connectivity index (χ2n) is 6.24. The Labute approximate surface area is 130 Å². The molecule has 0 aromatic rings. The van der Waals surface area contributed by atoms with Crippen LogP contribution in [0.1, 0.15) is 44.9 Å². The van der Waals surface area contributed by atoms with E-state index in [0.29, 0.717) is 6.54 Å². The SMILES string of the molecule is O=C(O)CC1(CNC(=O)N2CCCSCC2)CCCCC1. The molecule has 0 aromatic heterocycles. The Hall–Kier alpha value is -0.910. The molecule has 5 nitrogen and oxygen atoms in total. The van der Waals surface area contributed by atoms with Crippen molar-refractivity contribution < 1.29 is 14.7 Å². The second kappa shape index (κ2) is 7.92. The van der Waals surface area contributed by atoms with Gasteiger partial charge in [-0.2, -0.15) is 11.8 Å². The first-order chi connectivity index (χ1) is 10.1. The van der Waals surface area contributed by atoms with E-state index in [-0.39, 0.29) is 17.9 Å². The highest BCUT2D eigenvalue weighted by Crippen LogP contribution is 2.38. The Morgan fingerprint density at radius 1 is 1.10 bits per heavy atom. The van der Waals surface area contributed by atoms with Gasteiger partial charge in [-0.15, -0.1) is 0 Å². The minimum absolute atomic E-state index is 0.0205. The second-order valence-corrected chi connectivity index (χ2v) is 7.47. The lowest BCUT2D eigenvalue weighted by molar-refractivity contribution is -0.140. The van der Waals surface area contributed by atoms with Crippen LogP contribution in [0.25, 0.3) is 0 Å². The first-order valence-corrected chi connectivity index (χ1v) is 9.09. The molecule has 2 aliphatic rings. The molecular weight excluding hydrogens is 288 g/mol. The summed E-state index contributed by atoms with van der Waals surface area (Å²) in [5.74, 6) is 1.36. The summed E-state index contributed by atoms with van der Waals surface area (Å²) in [7, 11) is 0. The minimum Gasteiger partial charge on any atom is -0.481 e. The molecular formula is C15H26N2O3S. The number of aliphatic carboxylic acids is 1. The van der Waals surface area contributed by atoms with E-state index < -0.39 is 5.97 Å². The summed E-state index contributed by atoms with van der Waals surface area (Å²) in [6, 6.07) is -0.0205. The monoisotopic (exact) mass is 314 g/mol. The third-order valence-electron chi connectivity index (χ3n) is 4.56. The molecule has 2 fully saturated rings. The summed E-state index contributed by atoms with van der Waals surface area (Å²) in [5.41, 5.74) is -0.236. The van der Waals surface area contributed by atoms with Crippen molar-refractivity contribution in [1.29, 1.82) is 0 Å². The molecule has 2 amide bonds. The van der Waals surface area contributed by atoms with E-state index in [2.05, 4.69) is 5.32 Å². The molecule has 120 valence electrons. The number of urea groups is 1. The van der Waals surface area contributed by atoms with E-state index in [4.69, 9.17) is 5.11 Å². The van der Waals surface area contributed by atoms with Gasteiger partial charge in [0.15, 0.2) is 0 Å². The van der Waals surface area contributed by atoms with Crippen LogP contribution in [0, 0.1) is 5.41 Å². The van der Waals surface area contributed by atoms with Crippen LogP contribution in [0.15, 0.2) is 0 Å². The van der Waals surface area contributed by atoms with Crippen LogP contribution in [0.2, 0.25) is 0 Å². The standard InChI is InChI=1S/C15H26N2O3S/c18-13(19)11-15(5-2-1-3-6-15)12-16-14(20)17-7-4-9-21-10-8-17/h1-12H2,(H,16,20)(H,18,19). The highest BCUT2D eigenvalue weighted by Gasteiger charge is 2.35. The van der Waals surface area contributed by atoms with Crippen molar-refractivity contribution in [1.82, 2.24) is 10.2 Å². The Kier molecular flexibility index (Phi) is 6.21. The first-order valence-electron chi connectivity index (χ1n) is 7.94. The average Bonchev–Trinajstić information content (AvgIpc) is 2.74. The molecule has 0 bridgehead atoms. The fraction of sp³-hybridized carbons (Fsp3) is 0.867. The molecule has 6 heteroatoms. The zero-order valence-corrected chi connectivity index (χ0v) is 13.4. The van der Waals surface area contributed by atoms with Gasteiger partial charge in [-0.25, -0.2) is 4.79 Å². The van der Waals surface area contributed by atoms with E-state index in [0.717, 1.165) is 56.7 Å². The predicted molar refractivity (Wildman–Crippen MR) is 84.7 cm³/mol. The minimum atomic E-state index is -0.752. The molecule has 1 saturated heterocycles. The number of carboxylic acids is 1. The number of nitrogens with one attached hydrogen (secondary N) is 1. The van der Waals surface area contributed by atoms with Crippen molar-refractivity contribution in [3.63, 3.8) is 0 Å². The van der Waals surface area contributed by atoms with Crippen molar-refractivity contribution >= 4 is 23.8 Å². The van der Waals surface area contributed by atoms with E-state index in [1.807, 2.05) is 16.7 Å². The fourth-order valence-corrected chi connectivity index (χ4v) is 4.25. The smallest absolute Gasteiger partial charge is 0.317 e. The number of carbonyl (C=O) groups is 2. The van der Waals surface area contributed by atoms with Gasteiger partial charge in [0, 0.05) is 25.4 Å². The maximum absolute atomic E-state index is 12.3. The van der Waals surface area contributed by atoms with Crippen LogP contribution in [-0.4, -0.2) is 53.1 Å². The molecule has 0 aromatic carbocycles. The van der Waals surface area contributed by atoms with E-state index >= 15 is 0 Å². The molecule has 1 aliphatic heterocycles. The molecule has 2 N–H and O–H groups in total. The lowest BCUT2D eigenvalue weighted by atomic mass is 9.72. The molecule has 0 unspecified atom stereocenters. The van der Waals surface area contributed by atoms with Crippen molar-refractivity contribution in [2.45, 2.75) is 44.9 Å². The number of carbonyl (C=O) groups excluding carboxylic acids is 1. The lowest BCUT2D eigenvalue weighted by Gasteiger charge is -2.36. The van der Waals surface area contributed by atoms with Gasteiger partial charge in [-0.3, -0.25) is 4.79 Å². The van der Waals surface area contributed by atoms with Crippen molar-refractivity contribution in [2.75, 3.05) is 31.1 Å². The van der Waals surface area contributed by atoms with Crippen molar-refractivity contribution in [3.8, 4) is 0 Å². The van der Waals surface area contributed by atoms with Gasteiger partial charge in [-0.05, 0) is 30.4 Å². The van der Waals surface area contributed by atoms with E-state index in [9.17, 15) is 9.59 Å². The lowest BCUT2D eigenvalue weighted by Crippen LogP contribution is -2.46. The van der Waals surface area contributed by atoms with Gasteiger partial charge in [0.2, 0.25) is 0 Å². The largest absolute Gasteiger partial charge is 0.481 e. The van der Waals surface area contributed by atoms with Crippen LogP contribution in [-0.2, 0) is 4.79 Å². The fourth-order valence-electron chi connectivity index (χ4n) is 3.36. The van der Waals surface area contributed by atoms with Crippen LogP contribution < -0.4 is 5.32 Å². The molecule has 2 rings (SSSR count). The van der Waals surface area contributed by atoms with Gasteiger partial charge in [0.25, 0.3) is 0 Å². The zero-order valence-electron chi connectivity index (χ0n) is 12.6. The molecule has 0 atom stereocenters. The molecule has 1 heterocycles. The maximum atomic E-state index is 12.3. The quantitative estimate of drug-likeness (QED) is 0.837. The topological polar surface area (TPSA) is 69.6 Å². The molecule has 1 aliphatic carbocycles. The number of rotatable bonds is 4. The van der Waals surface area contributed by atoms with Crippen LogP contribution in [0.4, 0.5) is 4.79 Å². The summed E-state index contributed by atoms with van der Waals surface area (Å²) in [6.07, 6.45) is 6.36. The van der Waals surface area contributed by atoms with Gasteiger partial charge in [0.05, 0.1) is 6.42 Å². The Bertz CT molecular complexity index is 362. The predicted octanol–water partition coefficient (Wildman–Crippen LogP) is 2.56. The average molecular weight is 314 g/mol. The summed E-state index contributed by atoms with van der Waals surface area (Å²) in [4.78, 5) is 25.3.